The van der Waals surface area contributed by atoms with Crippen LogP contribution in [0.3, 0.4) is 0 Å². The first-order valence-corrected chi connectivity index (χ1v) is 6.60. The first-order chi connectivity index (χ1) is 9.11. The molecule has 0 aliphatic rings. The minimum atomic E-state index is 0.251. The summed E-state index contributed by atoms with van der Waals surface area (Å²) in [7, 11) is 1.98. The Hall–Kier alpha value is -1.74. The van der Waals surface area contributed by atoms with Crippen molar-refractivity contribution in [2.24, 2.45) is 0 Å². The third-order valence-electron chi connectivity index (χ3n) is 3.58. The molecule has 2 aromatic rings. The van der Waals surface area contributed by atoms with Crippen LogP contribution in [-0.2, 0) is 6.42 Å². The summed E-state index contributed by atoms with van der Waals surface area (Å²) in [6.45, 7) is 6.51. The quantitative estimate of drug-likeness (QED) is 0.913. The van der Waals surface area contributed by atoms with Crippen molar-refractivity contribution in [1.29, 1.82) is 0 Å². The minimum absolute atomic E-state index is 0.251. The van der Waals surface area contributed by atoms with Crippen molar-refractivity contribution in [3.63, 3.8) is 0 Å². The largest absolute Gasteiger partial charge is 0.313 e. The van der Waals surface area contributed by atoms with Gasteiger partial charge in [0.05, 0.1) is 0 Å². The van der Waals surface area contributed by atoms with Crippen molar-refractivity contribution < 1.29 is 0 Å². The van der Waals surface area contributed by atoms with Gasteiger partial charge in [-0.1, -0.05) is 17.7 Å². The van der Waals surface area contributed by atoms with Crippen LogP contribution < -0.4 is 5.32 Å². The van der Waals surface area contributed by atoms with Crippen LogP contribution in [0.25, 0.3) is 0 Å². The minimum Gasteiger partial charge on any atom is -0.313 e. The zero-order valence-corrected chi connectivity index (χ0v) is 12.1. The number of nitrogens with zero attached hydrogens (tertiary/aromatic N) is 2. The van der Waals surface area contributed by atoms with Gasteiger partial charge in [0.25, 0.3) is 0 Å². The van der Waals surface area contributed by atoms with Crippen LogP contribution in [0.1, 0.15) is 33.9 Å². The zero-order chi connectivity index (χ0) is 13.8. The molecular weight excluding hydrogens is 234 g/mol. The molecule has 0 radical (unpaired) electrons. The van der Waals surface area contributed by atoms with Gasteiger partial charge in [0.1, 0.15) is 6.33 Å². The number of aromatic nitrogens is 2. The molecule has 1 heterocycles. The number of hydrogen-bond donors (Lipinski definition) is 1. The van der Waals surface area contributed by atoms with E-state index in [1.807, 2.05) is 19.4 Å². The van der Waals surface area contributed by atoms with E-state index in [1.165, 1.54) is 22.3 Å². The van der Waals surface area contributed by atoms with Gasteiger partial charge < -0.3 is 5.32 Å². The Bertz CT molecular complexity index is 526. The number of hydrogen-bond acceptors (Lipinski definition) is 3. The van der Waals surface area contributed by atoms with Gasteiger partial charge in [-0.3, -0.25) is 0 Å². The molecule has 0 aliphatic heterocycles. The molecule has 0 bridgehead atoms. The lowest BCUT2D eigenvalue weighted by atomic mass is 9.92. The summed E-state index contributed by atoms with van der Waals surface area (Å²) in [5.41, 5.74) is 6.57. The molecule has 1 N–H and O–H groups in total. The Morgan fingerprint density at radius 1 is 1.05 bits per heavy atom. The van der Waals surface area contributed by atoms with E-state index in [1.54, 1.807) is 6.33 Å². The second-order valence-electron chi connectivity index (χ2n) is 5.09. The molecule has 0 saturated heterocycles. The Balaban J connectivity index is 2.29. The van der Waals surface area contributed by atoms with Crippen molar-refractivity contribution in [3.8, 4) is 0 Å². The third-order valence-corrected chi connectivity index (χ3v) is 3.58. The normalized spacial score (nSPS) is 12.4. The molecule has 1 unspecified atom stereocenters. The molecule has 1 atom stereocenters. The smallest absolute Gasteiger partial charge is 0.115 e. The highest BCUT2D eigenvalue weighted by atomic mass is 14.9. The lowest BCUT2D eigenvalue weighted by Gasteiger charge is -2.19. The maximum atomic E-state index is 4.10. The fourth-order valence-corrected chi connectivity index (χ4v) is 2.61. The summed E-state index contributed by atoms with van der Waals surface area (Å²) >= 11 is 0. The first kappa shape index (κ1) is 13.7. The highest BCUT2D eigenvalue weighted by Crippen LogP contribution is 2.23. The second-order valence-corrected chi connectivity index (χ2v) is 5.09. The molecule has 0 spiro atoms. The number of likely N-dealkylation sites (N-methyl/N-ethyl adjacent to an activating group) is 1. The molecular formula is C16H21N3. The predicted molar refractivity (Wildman–Crippen MR) is 78.2 cm³/mol. The molecule has 2 rings (SSSR count). The van der Waals surface area contributed by atoms with Gasteiger partial charge in [-0.2, -0.15) is 0 Å². The molecule has 100 valence electrons. The van der Waals surface area contributed by atoms with Gasteiger partial charge in [-0.05, 0) is 50.9 Å². The van der Waals surface area contributed by atoms with Gasteiger partial charge in [0, 0.05) is 24.0 Å². The second kappa shape index (κ2) is 5.93. The molecule has 0 amide bonds. The molecule has 3 nitrogen and oxygen atoms in total. The summed E-state index contributed by atoms with van der Waals surface area (Å²) in [4.78, 5) is 8.21. The fraction of sp³-hybridized carbons (Fsp3) is 0.375. The van der Waals surface area contributed by atoms with Gasteiger partial charge in [0.2, 0.25) is 0 Å². The van der Waals surface area contributed by atoms with Gasteiger partial charge >= 0.3 is 0 Å². The average molecular weight is 255 g/mol. The van der Waals surface area contributed by atoms with Crippen molar-refractivity contribution in [3.05, 3.63) is 58.7 Å². The summed E-state index contributed by atoms with van der Waals surface area (Å²) in [6, 6.07) is 4.74. The van der Waals surface area contributed by atoms with E-state index in [2.05, 4.69) is 48.2 Å². The van der Waals surface area contributed by atoms with E-state index in [0.717, 1.165) is 12.0 Å². The van der Waals surface area contributed by atoms with Crippen molar-refractivity contribution in [2.75, 3.05) is 7.05 Å². The monoisotopic (exact) mass is 255 g/mol. The fourth-order valence-electron chi connectivity index (χ4n) is 2.61. The Morgan fingerprint density at radius 2 is 1.63 bits per heavy atom. The lowest BCUT2D eigenvalue weighted by Crippen LogP contribution is -2.20. The number of rotatable bonds is 4. The summed E-state index contributed by atoms with van der Waals surface area (Å²) in [5.74, 6) is 0. The molecule has 1 aromatic carbocycles. The van der Waals surface area contributed by atoms with Crippen LogP contribution in [0, 0.1) is 20.8 Å². The molecule has 3 heteroatoms. The van der Waals surface area contributed by atoms with Crippen LogP contribution in [-0.4, -0.2) is 17.0 Å². The molecule has 0 saturated carbocycles. The van der Waals surface area contributed by atoms with E-state index < -0.39 is 0 Å². The number of aryl methyl sites for hydroxylation is 3. The van der Waals surface area contributed by atoms with Crippen molar-refractivity contribution in [1.82, 2.24) is 15.3 Å². The van der Waals surface area contributed by atoms with Crippen molar-refractivity contribution in [2.45, 2.75) is 33.2 Å². The van der Waals surface area contributed by atoms with Crippen LogP contribution in [0.15, 0.2) is 30.9 Å². The van der Waals surface area contributed by atoms with Crippen LogP contribution in [0.5, 0.6) is 0 Å². The number of nitrogens with one attached hydrogen (secondary N) is 1. The lowest BCUT2D eigenvalue weighted by molar-refractivity contribution is 0.584. The Labute approximate surface area is 115 Å². The van der Waals surface area contributed by atoms with Gasteiger partial charge in [0.15, 0.2) is 0 Å². The Kier molecular flexibility index (Phi) is 4.27. The molecule has 0 aliphatic carbocycles. The zero-order valence-electron chi connectivity index (χ0n) is 12.1. The van der Waals surface area contributed by atoms with Crippen LogP contribution >= 0.6 is 0 Å². The topological polar surface area (TPSA) is 37.8 Å². The Morgan fingerprint density at radius 3 is 2.16 bits per heavy atom. The van der Waals surface area contributed by atoms with E-state index >= 15 is 0 Å². The first-order valence-electron chi connectivity index (χ1n) is 6.60. The average Bonchev–Trinajstić information content (AvgIpc) is 2.39. The third kappa shape index (κ3) is 3.18. The maximum Gasteiger partial charge on any atom is 0.115 e. The van der Waals surface area contributed by atoms with E-state index in [-0.39, 0.29) is 6.04 Å². The van der Waals surface area contributed by atoms with E-state index in [0.29, 0.717) is 0 Å². The summed E-state index contributed by atoms with van der Waals surface area (Å²) in [5, 5.41) is 3.36. The summed E-state index contributed by atoms with van der Waals surface area (Å²) < 4.78 is 0. The summed E-state index contributed by atoms with van der Waals surface area (Å²) in [6.07, 6.45) is 6.29. The van der Waals surface area contributed by atoms with Gasteiger partial charge in [-0.25, -0.2) is 9.97 Å². The van der Waals surface area contributed by atoms with E-state index in [9.17, 15) is 0 Å². The van der Waals surface area contributed by atoms with Crippen LogP contribution in [0.2, 0.25) is 0 Å². The highest BCUT2D eigenvalue weighted by molar-refractivity contribution is 5.38. The van der Waals surface area contributed by atoms with Crippen LogP contribution in [0.4, 0.5) is 0 Å². The maximum absolute atomic E-state index is 4.10. The number of benzene rings is 1. The molecule has 0 fully saturated rings. The van der Waals surface area contributed by atoms with Crippen molar-refractivity contribution >= 4 is 0 Å². The SMILES string of the molecule is CNC(Cc1c(C)cc(C)cc1C)c1cncnc1. The standard InChI is InChI=1S/C16H21N3/c1-11-5-12(2)15(13(3)6-11)7-16(17-4)14-8-18-10-19-9-14/h5-6,8-10,16-17H,7H2,1-4H3. The highest BCUT2D eigenvalue weighted by Gasteiger charge is 2.13. The molecule has 19 heavy (non-hydrogen) atoms. The van der Waals surface area contributed by atoms with E-state index in [4.69, 9.17) is 0 Å². The predicted octanol–water partition coefficient (Wildman–Crippen LogP) is 2.91. The molecule has 1 aromatic heterocycles. The van der Waals surface area contributed by atoms with Gasteiger partial charge in [-0.15, -0.1) is 0 Å².